The summed E-state index contributed by atoms with van der Waals surface area (Å²) in [5.41, 5.74) is 5.97. The third-order valence-electron chi connectivity index (χ3n) is 2.56. The molecule has 0 saturated carbocycles. The van der Waals surface area contributed by atoms with Gasteiger partial charge in [-0.3, -0.25) is 4.79 Å². The fourth-order valence-corrected chi connectivity index (χ4v) is 2.54. The van der Waals surface area contributed by atoms with E-state index in [1.54, 1.807) is 0 Å². The maximum atomic E-state index is 12.2. The Morgan fingerprint density at radius 2 is 2.11 bits per heavy atom. The van der Waals surface area contributed by atoms with Gasteiger partial charge < -0.3 is 15.8 Å². The van der Waals surface area contributed by atoms with E-state index in [0.29, 0.717) is 5.69 Å². The summed E-state index contributed by atoms with van der Waals surface area (Å²) in [6, 6.07) is 4.14. The number of sulfonamides is 1. The topological polar surface area (TPSA) is 102 Å². The van der Waals surface area contributed by atoms with Crippen LogP contribution in [0, 0.1) is 0 Å². The van der Waals surface area contributed by atoms with Crippen molar-refractivity contribution in [3.05, 3.63) is 18.2 Å². The molecule has 0 atom stereocenters. The number of nitrogen functional groups attached to an aromatic ring is 1. The minimum absolute atomic E-state index is 0.0185. The molecule has 0 radical (unpaired) electrons. The van der Waals surface area contributed by atoms with Crippen LogP contribution < -0.4 is 15.8 Å². The summed E-state index contributed by atoms with van der Waals surface area (Å²) in [7, 11) is 0.409. The predicted molar refractivity (Wildman–Crippen MR) is 71.3 cm³/mol. The zero-order chi connectivity index (χ0) is 14.6. The van der Waals surface area contributed by atoms with E-state index in [9.17, 15) is 13.2 Å². The Morgan fingerprint density at radius 1 is 1.47 bits per heavy atom. The van der Waals surface area contributed by atoms with Crippen molar-refractivity contribution in [2.24, 2.45) is 0 Å². The first-order valence-corrected chi connectivity index (χ1v) is 6.87. The molecule has 1 aromatic rings. The van der Waals surface area contributed by atoms with Crippen LogP contribution in [0.15, 0.2) is 23.1 Å². The molecule has 0 aliphatic carbocycles. The monoisotopic (exact) mass is 287 g/mol. The molecule has 0 aliphatic rings. The summed E-state index contributed by atoms with van der Waals surface area (Å²) in [5.74, 6) is -0.122. The quantitative estimate of drug-likeness (QED) is 0.720. The smallest absolute Gasteiger partial charge is 0.243 e. The van der Waals surface area contributed by atoms with Gasteiger partial charge in [0, 0.05) is 20.2 Å². The van der Waals surface area contributed by atoms with Gasteiger partial charge in [0.2, 0.25) is 15.9 Å². The Kier molecular flexibility index (Phi) is 4.73. The molecule has 0 saturated heterocycles. The van der Waals surface area contributed by atoms with E-state index in [0.717, 1.165) is 4.31 Å². The summed E-state index contributed by atoms with van der Waals surface area (Å²) in [6.07, 6.45) is 0. The second-order valence-corrected chi connectivity index (χ2v) is 5.88. The molecule has 0 aliphatic heterocycles. The number of nitrogens with one attached hydrogen (secondary N) is 1. The van der Waals surface area contributed by atoms with E-state index in [-0.39, 0.29) is 17.2 Å². The van der Waals surface area contributed by atoms with Crippen LogP contribution in [-0.4, -0.2) is 46.4 Å². The first-order chi connectivity index (χ1) is 8.82. The summed E-state index contributed by atoms with van der Waals surface area (Å²) in [6.45, 7) is -0.258. The van der Waals surface area contributed by atoms with E-state index in [1.165, 1.54) is 39.4 Å². The molecular formula is C11H17N3O4S. The highest BCUT2D eigenvalue weighted by molar-refractivity contribution is 7.89. The van der Waals surface area contributed by atoms with Crippen molar-refractivity contribution >= 4 is 21.6 Å². The number of benzene rings is 1. The van der Waals surface area contributed by atoms with Crippen molar-refractivity contribution in [2.45, 2.75) is 4.90 Å². The number of nitrogens with two attached hydrogens (primary N) is 1. The van der Waals surface area contributed by atoms with Crippen molar-refractivity contribution in [1.29, 1.82) is 0 Å². The SMILES string of the molecule is CNC(=O)CN(C)S(=O)(=O)c1ccc(N)c(OC)c1. The number of methoxy groups -OCH3 is 1. The molecular weight excluding hydrogens is 270 g/mol. The van der Waals surface area contributed by atoms with E-state index in [4.69, 9.17) is 10.5 Å². The fourth-order valence-electron chi connectivity index (χ4n) is 1.40. The summed E-state index contributed by atoms with van der Waals surface area (Å²) < 4.78 is 30.4. The Labute approximate surface area is 112 Å². The largest absolute Gasteiger partial charge is 0.495 e. The maximum Gasteiger partial charge on any atom is 0.243 e. The minimum Gasteiger partial charge on any atom is -0.495 e. The van der Waals surface area contributed by atoms with E-state index in [1.807, 2.05) is 0 Å². The van der Waals surface area contributed by atoms with E-state index < -0.39 is 15.9 Å². The Hall–Kier alpha value is -1.80. The Bertz CT molecular complexity index is 571. The average molecular weight is 287 g/mol. The van der Waals surface area contributed by atoms with Gasteiger partial charge in [0.25, 0.3) is 0 Å². The summed E-state index contributed by atoms with van der Waals surface area (Å²) >= 11 is 0. The van der Waals surface area contributed by atoms with Crippen LogP contribution in [0.25, 0.3) is 0 Å². The minimum atomic E-state index is -3.76. The number of rotatable bonds is 5. The maximum absolute atomic E-state index is 12.2. The molecule has 0 heterocycles. The van der Waals surface area contributed by atoms with Gasteiger partial charge in [0.1, 0.15) is 5.75 Å². The molecule has 8 heteroatoms. The second kappa shape index (κ2) is 5.89. The zero-order valence-corrected chi connectivity index (χ0v) is 11.8. The van der Waals surface area contributed by atoms with Crippen LogP contribution in [0.3, 0.4) is 0 Å². The number of likely N-dealkylation sites (N-methyl/N-ethyl adjacent to an activating group) is 2. The Morgan fingerprint density at radius 3 is 2.63 bits per heavy atom. The van der Waals surface area contributed by atoms with Crippen LogP contribution in [0.1, 0.15) is 0 Å². The molecule has 0 aromatic heterocycles. The van der Waals surface area contributed by atoms with Gasteiger partial charge in [0.05, 0.1) is 24.2 Å². The lowest BCUT2D eigenvalue weighted by atomic mass is 10.3. The first kappa shape index (κ1) is 15.3. The fraction of sp³-hybridized carbons (Fsp3) is 0.364. The van der Waals surface area contributed by atoms with Crippen LogP contribution in [0.4, 0.5) is 5.69 Å². The molecule has 1 rings (SSSR count). The van der Waals surface area contributed by atoms with Crippen molar-refractivity contribution in [3.63, 3.8) is 0 Å². The number of carbonyl (C=O) groups excluding carboxylic acids is 1. The van der Waals surface area contributed by atoms with Crippen molar-refractivity contribution < 1.29 is 17.9 Å². The van der Waals surface area contributed by atoms with Crippen molar-refractivity contribution in [3.8, 4) is 5.75 Å². The molecule has 1 aromatic carbocycles. The molecule has 0 unspecified atom stereocenters. The highest BCUT2D eigenvalue weighted by Crippen LogP contribution is 2.26. The molecule has 1 amide bonds. The zero-order valence-electron chi connectivity index (χ0n) is 11.0. The van der Waals surface area contributed by atoms with E-state index in [2.05, 4.69) is 5.32 Å². The van der Waals surface area contributed by atoms with Gasteiger partial charge in [-0.25, -0.2) is 8.42 Å². The first-order valence-electron chi connectivity index (χ1n) is 5.43. The number of anilines is 1. The Balaban J connectivity index is 3.09. The second-order valence-electron chi connectivity index (χ2n) is 3.84. The highest BCUT2D eigenvalue weighted by atomic mass is 32.2. The number of hydrogen-bond acceptors (Lipinski definition) is 5. The van der Waals surface area contributed by atoms with Crippen molar-refractivity contribution in [1.82, 2.24) is 9.62 Å². The number of ether oxygens (including phenoxy) is 1. The number of amides is 1. The molecule has 0 bridgehead atoms. The summed E-state index contributed by atoms with van der Waals surface area (Å²) in [4.78, 5) is 11.2. The number of carbonyl (C=O) groups is 1. The van der Waals surface area contributed by atoms with Crippen LogP contribution >= 0.6 is 0 Å². The molecule has 0 fully saturated rings. The van der Waals surface area contributed by atoms with Gasteiger partial charge in [-0.15, -0.1) is 0 Å². The van der Waals surface area contributed by atoms with Crippen LogP contribution in [0.5, 0.6) is 5.75 Å². The molecule has 7 nitrogen and oxygen atoms in total. The summed E-state index contributed by atoms with van der Waals surface area (Å²) in [5, 5.41) is 2.36. The number of hydrogen-bond donors (Lipinski definition) is 2. The van der Waals surface area contributed by atoms with Crippen LogP contribution in [0.2, 0.25) is 0 Å². The van der Waals surface area contributed by atoms with Gasteiger partial charge in [-0.1, -0.05) is 0 Å². The van der Waals surface area contributed by atoms with Gasteiger partial charge >= 0.3 is 0 Å². The third kappa shape index (κ3) is 3.36. The molecule has 3 N–H and O–H groups in total. The standard InChI is InChI=1S/C11H17N3O4S/c1-13-11(15)7-14(2)19(16,17)8-4-5-9(12)10(6-8)18-3/h4-6H,7,12H2,1-3H3,(H,13,15). The lowest BCUT2D eigenvalue weighted by Crippen LogP contribution is -2.36. The van der Waals surface area contributed by atoms with Gasteiger partial charge in [-0.2, -0.15) is 4.31 Å². The molecule has 106 valence electrons. The third-order valence-corrected chi connectivity index (χ3v) is 4.36. The predicted octanol–water partition coefficient (Wildman–Crippen LogP) is -0.356. The lowest BCUT2D eigenvalue weighted by Gasteiger charge is -2.17. The molecule has 0 spiro atoms. The average Bonchev–Trinajstić information content (AvgIpc) is 2.38. The normalized spacial score (nSPS) is 11.4. The van der Waals surface area contributed by atoms with E-state index >= 15 is 0 Å². The number of nitrogens with zero attached hydrogens (tertiary/aromatic N) is 1. The molecule has 19 heavy (non-hydrogen) atoms. The van der Waals surface area contributed by atoms with Crippen LogP contribution in [-0.2, 0) is 14.8 Å². The highest BCUT2D eigenvalue weighted by Gasteiger charge is 2.23. The lowest BCUT2D eigenvalue weighted by molar-refractivity contribution is -0.120. The van der Waals surface area contributed by atoms with Crippen molar-refractivity contribution in [2.75, 3.05) is 33.5 Å². The van der Waals surface area contributed by atoms with Gasteiger partial charge in [-0.05, 0) is 12.1 Å². The van der Waals surface area contributed by atoms with Gasteiger partial charge in [0.15, 0.2) is 0 Å².